The van der Waals surface area contributed by atoms with Gasteiger partial charge in [0.15, 0.2) is 5.60 Å². The Morgan fingerprint density at radius 2 is 1.65 bits per heavy atom. The summed E-state index contributed by atoms with van der Waals surface area (Å²) in [5.41, 5.74) is 2.04. The second kappa shape index (κ2) is 14.7. The fraction of sp³-hybridized carbons (Fsp3) is 0.216. The maximum absolute atomic E-state index is 14.0. The first-order valence-corrected chi connectivity index (χ1v) is 15.9. The van der Waals surface area contributed by atoms with Crippen LogP contribution in [0.5, 0.6) is 0 Å². The molecule has 1 heterocycles. The molecule has 3 N–H and O–H groups in total. The first kappa shape index (κ1) is 32.8. The molecule has 46 heavy (non-hydrogen) atoms. The van der Waals surface area contributed by atoms with Gasteiger partial charge in [-0.1, -0.05) is 95.7 Å². The van der Waals surface area contributed by atoms with Gasteiger partial charge in [0.2, 0.25) is 5.91 Å². The van der Waals surface area contributed by atoms with E-state index < -0.39 is 17.4 Å². The molecule has 4 aromatic carbocycles. The van der Waals surface area contributed by atoms with E-state index in [0.717, 1.165) is 15.6 Å². The molecule has 1 aliphatic rings. The molecule has 4 aromatic rings. The molecule has 0 unspecified atom stereocenters. The van der Waals surface area contributed by atoms with Crippen LogP contribution in [0.4, 0.5) is 11.4 Å². The van der Waals surface area contributed by atoms with Crippen LogP contribution in [-0.2, 0) is 28.3 Å². The molecule has 1 aliphatic heterocycles. The van der Waals surface area contributed by atoms with Crippen molar-refractivity contribution in [1.82, 2.24) is 4.90 Å². The summed E-state index contributed by atoms with van der Waals surface area (Å²) in [6, 6.07) is 31.1. The van der Waals surface area contributed by atoms with Crippen molar-refractivity contribution in [2.45, 2.75) is 32.0 Å². The smallest absolute Gasteiger partial charge is 0.264 e. The molecule has 9 heteroatoms. The van der Waals surface area contributed by atoms with Crippen LogP contribution in [0.1, 0.15) is 40.4 Å². The summed E-state index contributed by atoms with van der Waals surface area (Å²) in [6.07, 6.45) is 3.42. The van der Waals surface area contributed by atoms with Gasteiger partial charge in [-0.2, -0.15) is 0 Å². The molecule has 3 amide bonds. The largest absolute Gasteiger partial charge is 0.395 e. The van der Waals surface area contributed by atoms with Crippen LogP contribution < -0.4 is 10.2 Å². The van der Waals surface area contributed by atoms with Crippen LogP contribution in [0.3, 0.4) is 0 Å². The summed E-state index contributed by atoms with van der Waals surface area (Å²) in [4.78, 5) is 42.9. The predicted molar refractivity (Wildman–Crippen MR) is 182 cm³/mol. The molecule has 0 saturated carbocycles. The predicted octanol–water partition coefficient (Wildman–Crippen LogP) is 6.04. The molecular formula is C37H36BrN3O5. The van der Waals surface area contributed by atoms with Crippen molar-refractivity contribution in [2.75, 3.05) is 23.4 Å². The third-order valence-electron chi connectivity index (χ3n) is 8.11. The molecule has 2 atom stereocenters. The molecule has 5 rings (SSSR count). The maximum Gasteiger partial charge on any atom is 0.264 e. The van der Waals surface area contributed by atoms with E-state index in [1.54, 1.807) is 71.3 Å². The second-order valence-electron chi connectivity index (χ2n) is 11.3. The lowest BCUT2D eigenvalue weighted by molar-refractivity contribution is -0.139. The van der Waals surface area contributed by atoms with Crippen molar-refractivity contribution < 1.29 is 24.6 Å². The number of hydrogen-bond acceptors (Lipinski definition) is 5. The zero-order valence-corrected chi connectivity index (χ0v) is 27.1. The Morgan fingerprint density at radius 3 is 2.37 bits per heavy atom. The number of fused-ring (bicyclic) bond motifs is 1. The molecule has 0 bridgehead atoms. The molecule has 0 spiro atoms. The van der Waals surface area contributed by atoms with E-state index in [-0.39, 0.29) is 37.9 Å². The average molecular weight is 683 g/mol. The highest BCUT2D eigenvalue weighted by Crippen LogP contribution is 2.46. The van der Waals surface area contributed by atoms with Gasteiger partial charge in [-0.15, -0.1) is 0 Å². The third kappa shape index (κ3) is 7.28. The number of rotatable bonds is 12. The first-order chi connectivity index (χ1) is 22.2. The fourth-order valence-corrected chi connectivity index (χ4v) is 6.02. The summed E-state index contributed by atoms with van der Waals surface area (Å²) >= 11 is 3.48. The van der Waals surface area contributed by atoms with Crippen molar-refractivity contribution in [2.24, 2.45) is 5.92 Å². The lowest BCUT2D eigenvalue weighted by Gasteiger charge is -2.28. The van der Waals surface area contributed by atoms with Gasteiger partial charge < -0.3 is 25.3 Å². The number of halogens is 1. The maximum atomic E-state index is 14.0. The van der Waals surface area contributed by atoms with Gasteiger partial charge in [-0.05, 0) is 53.6 Å². The molecule has 0 saturated heterocycles. The lowest BCUT2D eigenvalue weighted by atomic mass is 9.83. The molecule has 0 aromatic heterocycles. The normalized spacial score (nSPS) is 16.3. The summed E-state index contributed by atoms with van der Waals surface area (Å²) in [6.45, 7) is 2.35. The van der Waals surface area contributed by atoms with Gasteiger partial charge in [-0.3, -0.25) is 14.4 Å². The Labute approximate surface area is 277 Å². The molecule has 0 radical (unpaired) electrons. The Hall–Kier alpha value is -4.57. The minimum absolute atomic E-state index is 0.0536. The van der Waals surface area contributed by atoms with E-state index in [1.807, 2.05) is 60.7 Å². The highest BCUT2D eigenvalue weighted by Gasteiger charge is 2.52. The third-order valence-corrected chi connectivity index (χ3v) is 8.60. The summed E-state index contributed by atoms with van der Waals surface area (Å²) in [5.74, 6) is -1.55. The number of aliphatic hydroxyl groups excluding tert-OH is 1. The van der Waals surface area contributed by atoms with E-state index in [1.165, 1.54) is 0 Å². The summed E-state index contributed by atoms with van der Waals surface area (Å²) in [5, 5.41) is 24.5. The first-order valence-electron chi connectivity index (χ1n) is 15.1. The molecule has 236 valence electrons. The van der Waals surface area contributed by atoms with E-state index in [2.05, 4.69) is 21.2 Å². The van der Waals surface area contributed by atoms with Gasteiger partial charge in [0.1, 0.15) is 0 Å². The number of benzene rings is 4. The number of nitrogens with one attached hydrogen (secondary N) is 1. The number of hydrogen-bond donors (Lipinski definition) is 3. The highest BCUT2D eigenvalue weighted by atomic mass is 79.9. The number of carbonyl (C=O) groups excluding carboxylic acids is 3. The van der Waals surface area contributed by atoms with Gasteiger partial charge in [0.25, 0.3) is 11.8 Å². The van der Waals surface area contributed by atoms with Gasteiger partial charge in [0.05, 0.1) is 18.8 Å². The highest BCUT2D eigenvalue weighted by molar-refractivity contribution is 9.10. The Morgan fingerprint density at radius 1 is 0.957 bits per heavy atom. The molecule has 0 fully saturated rings. The van der Waals surface area contributed by atoms with Gasteiger partial charge in [0, 0.05) is 46.7 Å². The van der Waals surface area contributed by atoms with Crippen LogP contribution in [-0.4, -0.2) is 46.0 Å². The Bertz CT molecular complexity index is 1730. The van der Waals surface area contributed by atoms with Gasteiger partial charge in [-0.25, -0.2) is 0 Å². The quantitative estimate of drug-likeness (QED) is 0.158. The monoisotopic (exact) mass is 681 g/mol. The molecule has 0 aliphatic carbocycles. The SMILES string of the molecule is C[C@H](/C=C/CC(=O)N(CCO)Cc1ccccc1)[C@@]1(O)C(=O)N(Cc2cccc(NC(=O)c3ccccc3)c2)c2ccc(Br)cc21. The average Bonchev–Trinajstić information content (AvgIpc) is 3.27. The number of aliphatic hydroxyl groups is 2. The number of anilines is 2. The van der Waals surface area contributed by atoms with Gasteiger partial charge >= 0.3 is 0 Å². The summed E-state index contributed by atoms with van der Waals surface area (Å²) < 4.78 is 0.719. The van der Waals surface area contributed by atoms with E-state index in [4.69, 9.17) is 0 Å². The van der Waals surface area contributed by atoms with E-state index >= 15 is 0 Å². The number of carbonyl (C=O) groups is 3. The lowest BCUT2D eigenvalue weighted by Crippen LogP contribution is -2.44. The Balaban J connectivity index is 1.32. The van der Waals surface area contributed by atoms with Crippen molar-refractivity contribution in [3.8, 4) is 0 Å². The fourth-order valence-electron chi connectivity index (χ4n) is 5.66. The minimum Gasteiger partial charge on any atom is -0.395 e. The molecule has 8 nitrogen and oxygen atoms in total. The number of amides is 3. The Kier molecular flexibility index (Phi) is 10.5. The zero-order valence-electron chi connectivity index (χ0n) is 25.5. The second-order valence-corrected chi connectivity index (χ2v) is 12.2. The molecular weight excluding hydrogens is 646 g/mol. The van der Waals surface area contributed by atoms with Crippen LogP contribution in [0.2, 0.25) is 0 Å². The van der Waals surface area contributed by atoms with Crippen LogP contribution in [0.25, 0.3) is 0 Å². The standard InChI is InChI=1S/C37H36BrN3O5/c1-26(10-8-17-34(43)40(20-21-42)24-27-11-4-2-5-12-27)37(46)32-23-30(38)18-19-33(32)41(36(37)45)25-28-13-9-16-31(22-28)39-35(44)29-14-6-3-7-15-29/h2-16,18-19,22-23,26,42,46H,17,20-21,24-25H2,1H3,(H,39,44)/b10-8+/t26-,37+/m1/s1. The zero-order chi connectivity index (χ0) is 32.7. The topological polar surface area (TPSA) is 110 Å². The van der Waals surface area contributed by atoms with E-state index in [0.29, 0.717) is 29.0 Å². The minimum atomic E-state index is -1.87. The van der Waals surface area contributed by atoms with Crippen molar-refractivity contribution in [1.29, 1.82) is 0 Å². The van der Waals surface area contributed by atoms with E-state index in [9.17, 15) is 24.6 Å². The number of nitrogens with zero attached hydrogens (tertiary/aromatic N) is 2. The van der Waals surface area contributed by atoms with Crippen LogP contribution in [0.15, 0.2) is 120 Å². The summed E-state index contributed by atoms with van der Waals surface area (Å²) in [7, 11) is 0. The van der Waals surface area contributed by atoms with Crippen molar-refractivity contribution >= 4 is 45.0 Å². The van der Waals surface area contributed by atoms with Crippen molar-refractivity contribution in [3.63, 3.8) is 0 Å². The van der Waals surface area contributed by atoms with Crippen LogP contribution >= 0.6 is 15.9 Å². The van der Waals surface area contributed by atoms with Crippen LogP contribution in [0, 0.1) is 5.92 Å². The van der Waals surface area contributed by atoms with Crippen molar-refractivity contribution in [3.05, 3.63) is 142 Å².